The number of amides is 1. The molecule has 0 radical (unpaired) electrons. The van der Waals surface area contributed by atoms with Crippen LogP contribution in [0.25, 0.3) is 33.8 Å². The molecule has 0 saturated carbocycles. The molecule has 0 aliphatic carbocycles. The van der Waals surface area contributed by atoms with Crippen LogP contribution in [-0.2, 0) is 6.61 Å². The van der Waals surface area contributed by atoms with Gasteiger partial charge in [0.05, 0.1) is 18.2 Å². The molecule has 2 aromatic carbocycles. The molecular formula is C31H27F2N9O3. The highest BCUT2D eigenvalue weighted by Gasteiger charge is 2.33. The fraction of sp³-hybridized carbons (Fsp3) is 0.258. The van der Waals surface area contributed by atoms with E-state index in [4.69, 9.17) is 4.42 Å². The number of piperidine rings is 1. The summed E-state index contributed by atoms with van der Waals surface area (Å²) in [6.07, 6.45) is 5.41. The summed E-state index contributed by atoms with van der Waals surface area (Å²) >= 11 is 0. The number of benzene rings is 2. The first-order valence-corrected chi connectivity index (χ1v) is 14.4. The summed E-state index contributed by atoms with van der Waals surface area (Å²) < 4.78 is 33.5. The van der Waals surface area contributed by atoms with Crippen LogP contribution in [0.15, 0.2) is 83.8 Å². The van der Waals surface area contributed by atoms with Crippen molar-refractivity contribution in [3.63, 3.8) is 0 Å². The van der Waals surface area contributed by atoms with E-state index in [1.807, 2.05) is 30.3 Å². The van der Waals surface area contributed by atoms with Crippen LogP contribution in [0.1, 0.15) is 47.3 Å². The Bertz CT molecular complexity index is 1950. The lowest BCUT2D eigenvalue weighted by Gasteiger charge is -2.35. The maximum absolute atomic E-state index is 13.6. The number of carbonyl (C=O) groups excluding carboxylic acids is 1. The molecule has 1 fully saturated rings. The smallest absolute Gasteiger partial charge is 0.320 e. The molecule has 12 nitrogen and oxygen atoms in total. The molecule has 1 saturated heterocycles. The normalized spacial score (nSPS) is 14.8. The fourth-order valence-electron chi connectivity index (χ4n) is 5.84. The predicted octanol–water partition coefficient (Wildman–Crippen LogP) is 4.77. The van der Waals surface area contributed by atoms with Crippen LogP contribution >= 0.6 is 0 Å². The summed E-state index contributed by atoms with van der Waals surface area (Å²) in [6.45, 7) is -1.98. The zero-order valence-electron chi connectivity index (χ0n) is 23.8. The van der Waals surface area contributed by atoms with Crippen molar-refractivity contribution in [3.8, 4) is 22.7 Å². The van der Waals surface area contributed by atoms with Crippen LogP contribution in [0.4, 0.5) is 8.78 Å². The van der Waals surface area contributed by atoms with Gasteiger partial charge in [-0.15, -0.1) is 10.2 Å². The van der Waals surface area contributed by atoms with Gasteiger partial charge >= 0.3 is 6.55 Å². The molecule has 1 unspecified atom stereocenters. The first kappa shape index (κ1) is 28.4. The summed E-state index contributed by atoms with van der Waals surface area (Å²) in [6, 6.07) is 18.1. The molecule has 4 aromatic heterocycles. The van der Waals surface area contributed by atoms with E-state index >= 15 is 0 Å². The van der Waals surface area contributed by atoms with E-state index in [1.165, 1.54) is 12.4 Å². The number of imidazole rings is 1. The maximum atomic E-state index is 13.6. The Morgan fingerprint density at radius 3 is 2.62 bits per heavy atom. The Balaban J connectivity index is 1.08. The molecule has 1 aliphatic rings. The molecule has 0 spiro atoms. The number of pyridine rings is 1. The van der Waals surface area contributed by atoms with Gasteiger partial charge in [-0.05, 0) is 59.9 Å². The maximum Gasteiger partial charge on any atom is 0.320 e. The molecule has 45 heavy (non-hydrogen) atoms. The second kappa shape index (κ2) is 12.0. The van der Waals surface area contributed by atoms with Gasteiger partial charge in [0, 0.05) is 30.4 Å². The summed E-state index contributed by atoms with van der Waals surface area (Å²) in [5.74, 6) is 0.480. The number of oxazole rings is 1. The number of halogens is 2. The number of alkyl halides is 2. The van der Waals surface area contributed by atoms with E-state index in [-0.39, 0.29) is 47.6 Å². The molecule has 5 heterocycles. The number of rotatable bonds is 8. The Morgan fingerprint density at radius 1 is 1.04 bits per heavy atom. The third-order valence-electron chi connectivity index (χ3n) is 8.06. The highest BCUT2D eigenvalue weighted by Crippen LogP contribution is 2.34. The van der Waals surface area contributed by atoms with Crippen molar-refractivity contribution in [2.75, 3.05) is 13.1 Å². The molecule has 7 rings (SSSR count). The van der Waals surface area contributed by atoms with Crippen LogP contribution in [0.2, 0.25) is 0 Å². The molecular weight excluding hydrogens is 584 g/mol. The number of aliphatic hydroxyl groups is 1. The average molecular weight is 612 g/mol. The second-order valence-corrected chi connectivity index (χ2v) is 10.8. The number of aliphatic hydroxyl groups excluding tert-OH is 1. The number of carbonyl (C=O) groups is 1. The predicted molar refractivity (Wildman–Crippen MR) is 157 cm³/mol. The number of fused-ring (bicyclic) bond motifs is 1. The van der Waals surface area contributed by atoms with Crippen molar-refractivity contribution in [1.29, 1.82) is 0 Å². The van der Waals surface area contributed by atoms with Gasteiger partial charge in [-0.2, -0.15) is 13.6 Å². The van der Waals surface area contributed by atoms with Gasteiger partial charge in [-0.3, -0.25) is 14.3 Å². The Kier molecular flexibility index (Phi) is 7.55. The van der Waals surface area contributed by atoms with Gasteiger partial charge in [-0.25, -0.2) is 9.97 Å². The van der Waals surface area contributed by atoms with E-state index in [1.54, 1.807) is 40.0 Å². The van der Waals surface area contributed by atoms with Crippen LogP contribution in [0.3, 0.4) is 0 Å². The van der Waals surface area contributed by atoms with Crippen molar-refractivity contribution in [3.05, 3.63) is 96.5 Å². The van der Waals surface area contributed by atoms with Crippen molar-refractivity contribution in [2.24, 2.45) is 5.92 Å². The Labute approximate surface area is 255 Å². The zero-order chi connectivity index (χ0) is 30.9. The minimum atomic E-state index is -2.72. The van der Waals surface area contributed by atoms with Crippen LogP contribution < -0.4 is 0 Å². The van der Waals surface area contributed by atoms with E-state index in [9.17, 15) is 18.7 Å². The van der Waals surface area contributed by atoms with E-state index < -0.39 is 6.55 Å². The van der Waals surface area contributed by atoms with Crippen molar-refractivity contribution >= 4 is 17.0 Å². The first-order chi connectivity index (χ1) is 22.0. The number of aromatic nitrogens is 8. The molecule has 6 aromatic rings. The van der Waals surface area contributed by atoms with Crippen LogP contribution in [-0.4, -0.2) is 68.7 Å². The molecule has 1 atom stereocenters. The molecule has 1 aliphatic heterocycles. The van der Waals surface area contributed by atoms with Crippen molar-refractivity contribution in [2.45, 2.75) is 32.0 Å². The van der Waals surface area contributed by atoms with Gasteiger partial charge in [0.1, 0.15) is 23.9 Å². The standard InChI is InChI=1S/C31H27F2N9O3/c32-31(33)41-18-34-16-25(41)21-6-7-26-23(14-21)36-29(45-26)22-8-11-35-24(15-22)30(44)40-12-9-20(10-13-40)28(19-4-2-1-3-5-19)42-38-27(17-43)37-39-42/h1-8,11,14-16,18,20,28,31,43H,9-10,12-13,17H2. The number of hydrogen-bond donors (Lipinski definition) is 1. The van der Waals surface area contributed by atoms with Crippen LogP contribution in [0, 0.1) is 5.92 Å². The van der Waals surface area contributed by atoms with Gasteiger partial charge in [-0.1, -0.05) is 30.3 Å². The Hall–Kier alpha value is -5.37. The topological polar surface area (TPSA) is 141 Å². The summed E-state index contributed by atoms with van der Waals surface area (Å²) in [5, 5.41) is 22.0. The fourth-order valence-corrected chi connectivity index (χ4v) is 5.84. The number of tetrazole rings is 1. The van der Waals surface area contributed by atoms with Gasteiger partial charge in [0.25, 0.3) is 5.91 Å². The lowest BCUT2D eigenvalue weighted by molar-refractivity contribution is 0.0657. The highest BCUT2D eigenvalue weighted by molar-refractivity contribution is 5.93. The monoisotopic (exact) mass is 611 g/mol. The van der Waals surface area contributed by atoms with Crippen LogP contribution in [0.5, 0.6) is 0 Å². The number of hydrogen-bond acceptors (Lipinski definition) is 9. The molecule has 1 amide bonds. The van der Waals surface area contributed by atoms with E-state index in [0.29, 0.717) is 48.2 Å². The SMILES string of the molecule is O=C(c1cc(-c2nc3cc(-c4cncn4C(F)F)ccc3o2)ccn1)N1CCC(C(c2ccccc2)n2nnc(CO)n2)CC1. The quantitative estimate of drug-likeness (QED) is 0.258. The van der Waals surface area contributed by atoms with Crippen molar-refractivity contribution in [1.82, 2.24) is 44.6 Å². The third-order valence-corrected chi connectivity index (χ3v) is 8.06. The van der Waals surface area contributed by atoms with Gasteiger partial charge in [0.2, 0.25) is 5.89 Å². The molecule has 0 bridgehead atoms. The van der Waals surface area contributed by atoms with Gasteiger partial charge in [0.15, 0.2) is 11.4 Å². The summed E-state index contributed by atoms with van der Waals surface area (Å²) in [5.41, 5.74) is 3.61. The summed E-state index contributed by atoms with van der Waals surface area (Å²) in [7, 11) is 0. The van der Waals surface area contributed by atoms with E-state index in [2.05, 4.69) is 30.4 Å². The highest BCUT2D eigenvalue weighted by atomic mass is 19.3. The first-order valence-electron chi connectivity index (χ1n) is 14.4. The lowest BCUT2D eigenvalue weighted by atomic mass is 9.85. The molecule has 1 N–H and O–H groups in total. The largest absolute Gasteiger partial charge is 0.436 e. The zero-order valence-corrected chi connectivity index (χ0v) is 23.8. The third kappa shape index (κ3) is 5.55. The second-order valence-electron chi connectivity index (χ2n) is 10.8. The molecule has 228 valence electrons. The van der Waals surface area contributed by atoms with Crippen molar-refractivity contribution < 1.29 is 23.1 Å². The molecule has 14 heteroatoms. The van der Waals surface area contributed by atoms with E-state index in [0.717, 1.165) is 16.5 Å². The minimum absolute atomic E-state index is 0.139. The summed E-state index contributed by atoms with van der Waals surface area (Å²) in [4.78, 5) is 29.6. The Morgan fingerprint density at radius 2 is 1.87 bits per heavy atom. The number of likely N-dealkylation sites (tertiary alicyclic amines) is 1. The average Bonchev–Trinajstić information content (AvgIpc) is 3.85. The lowest BCUT2D eigenvalue weighted by Crippen LogP contribution is -2.41. The minimum Gasteiger partial charge on any atom is -0.436 e. The van der Waals surface area contributed by atoms with Gasteiger partial charge < -0.3 is 14.4 Å². The number of nitrogens with zero attached hydrogens (tertiary/aromatic N) is 9.